The molecule has 0 aromatic carbocycles. The highest BCUT2D eigenvalue weighted by atomic mass is 35.7. The number of amides is 2. The van der Waals surface area contributed by atoms with Gasteiger partial charge in [0.05, 0.1) is 0 Å². The lowest BCUT2D eigenvalue weighted by atomic mass is 10.3. The minimum absolute atomic E-state index is 0.0975. The zero-order chi connectivity index (χ0) is 13.2. The molecule has 1 aromatic heterocycles. The van der Waals surface area contributed by atoms with E-state index in [4.69, 9.17) is 10.7 Å². The third kappa shape index (κ3) is 4.16. The predicted molar refractivity (Wildman–Crippen MR) is 63.2 cm³/mol. The van der Waals surface area contributed by atoms with Crippen LogP contribution in [0.2, 0.25) is 0 Å². The van der Waals surface area contributed by atoms with E-state index in [1.165, 1.54) is 7.05 Å². The summed E-state index contributed by atoms with van der Waals surface area (Å²) in [6.45, 7) is 3.48. The lowest BCUT2D eigenvalue weighted by Gasteiger charge is -2.15. The fourth-order valence-corrected chi connectivity index (χ4v) is 1.66. The number of aryl methyl sites for hydroxylation is 2. The second-order valence-corrected chi connectivity index (χ2v) is 5.65. The highest BCUT2D eigenvalue weighted by Gasteiger charge is 2.18. The molecule has 0 saturated heterocycles. The Bertz CT molecular complexity index is 525. The number of nitrogens with zero attached hydrogens (tertiary/aromatic N) is 3. The summed E-state index contributed by atoms with van der Waals surface area (Å²) < 4.78 is 23.0. The molecule has 0 spiro atoms. The van der Waals surface area contributed by atoms with E-state index >= 15 is 0 Å². The maximum Gasteiger partial charge on any atom is 0.338 e. The van der Waals surface area contributed by atoms with E-state index in [9.17, 15) is 13.2 Å². The van der Waals surface area contributed by atoms with Crippen LogP contribution >= 0.6 is 10.7 Å². The summed E-state index contributed by atoms with van der Waals surface area (Å²) >= 11 is 0. The second-order valence-electron chi connectivity index (χ2n) is 3.35. The van der Waals surface area contributed by atoms with Gasteiger partial charge in [-0.05, 0) is 19.9 Å². The van der Waals surface area contributed by atoms with E-state index in [1.807, 2.05) is 0 Å². The number of urea groups is 1. The quantitative estimate of drug-likeness (QED) is 0.805. The Morgan fingerprint density at radius 2 is 1.82 bits per heavy atom. The largest absolute Gasteiger partial charge is 0.338 e. The molecule has 0 aliphatic carbocycles. The lowest BCUT2D eigenvalue weighted by Crippen LogP contribution is -2.39. The van der Waals surface area contributed by atoms with Gasteiger partial charge in [-0.25, -0.2) is 19.5 Å². The zero-order valence-electron chi connectivity index (χ0n) is 9.43. The molecule has 1 heterocycles. The number of hydrogen-bond donors (Lipinski definition) is 1. The molecule has 0 aliphatic rings. The molecule has 0 saturated carbocycles. The van der Waals surface area contributed by atoms with Crippen molar-refractivity contribution in [2.45, 2.75) is 13.8 Å². The molecule has 9 heteroatoms. The van der Waals surface area contributed by atoms with E-state index in [0.717, 1.165) is 4.90 Å². The van der Waals surface area contributed by atoms with Gasteiger partial charge in [-0.3, -0.25) is 4.90 Å². The van der Waals surface area contributed by atoms with Crippen LogP contribution < -0.4 is 9.62 Å². The van der Waals surface area contributed by atoms with Crippen molar-refractivity contribution < 1.29 is 13.2 Å². The van der Waals surface area contributed by atoms with Gasteiger partial charge >= 0.3 is 15.3 Å². The van der Waals surface area contributed by atoms with E-state index < -0.39 is 15.3 Å². The van der Waals surface area contributed by atoms with Crippen LogP contribution in [0, 0.1) is 13.8 Å². The molecule has 0 atom stereocenters. The summed E-state index contributed by atoms with van der Waals surface area (Å²) in [7, 11) is 2.11. The zero-order valence-corrected chi connectivity index (χ0v) is 11.0. The highest BCUT2D eigenvalue weighted by Crippen LogP contribution is 2.08. The van der Waals surface area contributed by atoms with Crippen molar-refractivity contribution in [2.75, 3.05) is 11.9 Å². The fourth-order valence-electron chi connectivity index (χ4n) is 1.12. The molecule has 0 aliphatic heterocycles. The van der Waals surface area contributed by atoms with Crippen LogP contribution in [0.25, 0.3) is 0 Å². The molecule has 1 aromatic rings. The van der Waals surface area contributed by atoms with Gasteiger partial charge in [-0.1, -0.05) is 0 Å². The molecule has 1 N–H and O–H groups in total. The first-order valence-corrected chi connectivity index (χ1v) is 6.82. The van der Waals surface area contributed by atoms with Gasteiger partial charge in [0.2, 0.25) is 5.95 Å². The van der Waals surface area contributed by atoms with Crippen molar-refractivity contribution in [1.82, 2.24) is 14.7 Å². The van der Waals surface area contributed by atoms with Crippen LogP contribution in [-0.2, 0) is 9.24 Å². The average Bonchev–Trinajstić information content (AvgIpc) is 2.12. The smallest absolute Gasteiger partial charge is 0.265 e. The number of anilines is 1. The summed E-state index contributed by atoms with van der Waals surface area (Å²) in [6, 6.07) is 0.804. The van der Waals surface area contributed by atoms with Crippen LogP contribution in [0.1, 0.15) is 11.4 Å². The number of halogens is 1. The average molecular weight is 279 g/mol. The SMILES string of the molecule is Cc1cc(C)nc(N(C)C(=O)NS(=O)(=O)Cl)n1. The molecule has 2 amide bonds. The van der Waals surface area contributed by atoms with Crippen molar-refractivity contribution in [3.05, 3.63) is 17.5 Å². The van der Waals surface area contributed by atoms with Crippen LogP contribution in [0.4, 0.5) is 10.7 Å². The molecular weight excluding hydrogens is 268 g/mol. The van der Waals surface area contributed by atoms with Crippen molar-refractivity contribution in [1.29, 1.82) is 0 Å². The Kier molecular flexibility index (Phi) is 3.89. The van der Waals surface area contributed by atoms with E-state index in [2.05, 4.69) is 9.97 Å². The third-order valence-corrected chi connectivity index (χ3v) is 2.43. The molecule has 0 radical (unpaired) electrons. The Balaban J connectivity index is 2.96. The molecular formula is C8H11ClN4O3S. The Morgan fingerprint density at radius 3 is 2.24 bits per heavy atom. The molecule has 7 nitrogen and oxygen atoms in total. The van der Waals surface area contributed by atoms with Gasteiger partial charge < -0.3 is 0 Å². The molecule has 17 heavy (non-hydrogen) atoms. The van der Waals surface area contributed by atoms with Gasteiger partial charge in [0, 0.05) is 29.1 Å². The van der Waals surface area contributed by atoms with Crippen LogP contribution in [0.5, 0.6) is 0 Å². The van der Waals surface area contributed by atoms with Crippen molar-refractivity contribution in [3.8, 4) is 0 Å². The van der Waals surface area contributed by atoms with E-state index in [-0.39, 0.29) is 5.95 Å². The van der Waals surface area contributed by atoms with Gasteiger partial charge in [0.15, 0.2) is 0 Å². The summed E-state index contributed by atoms with van der Waals surface area (Å²) in [6.07, 6.45) is 0. The number of hydrogen-bond acceptors (Lipinski definition) is 5. The maximum absolute atomic E-state index is 11.5. The monoisotopic (exact) mass is 278 g/mol. The molecule has 0 bridgehead atoms. The second kappa shape index (κ2) is 4.84. The molecule has 1 rings (SSSR count). The first-order valence-electron chi connectivity index (χ1n) is 4.51. The van der Waals surface area contributed by atoms with Crippen molar-refractivity contribution in [3.63, 3.8) is 0 Å². The van der Waals surface area contributed by atoms with Crippen LogP contribution in [-0.4, -0.2) is 31.5 Å². The summed E-state index contributed by atoms with van der Waals surface area (Å²) in [5.74, 6) is 0.0975. The number of rotatable bonds is 2. The Labute approximate surface area is 103 Å². The Morgan fingerprint density at radius 1 is 1.35 bits per heavy atom. The van der Waals surface area contributed by atoms with Gasteiger partial charge in [0.25, 0.3) is 0 Å². The number of carbonyl (C=O) groups excluding carboxylic acids is 1. The first kappa shape index (κ1) is 13.7. The standard InChI is InChI=1S/C8H11ClN4O3S/c1-5-4-6(2)11-7(10-5)13(3)8(14)12-17(9,15)16/h4H,1-3H3,(H,12,14). The van der Waals surface area contributed by atoms with E-state index in [1.54, 1.807) is 24.6 Å². The van der Waals surface area contributed by atoms with E-state index in [0.29, 0.717) is 11.4 Å². The fraction of sp³-hybridized carbons (Fsp3) is 0.375. The van der Waals surface area contributed by atoms with Crippen LogP contribution in [0.15, 0.2) is 6.07 Å². The number of aromatic nitrogens is 2. The lowest BCUT2D eigenvalue weighted by molar-refractivity contribution is 0.252. The van der Waals surface area contributed by atoms with Gasteiger partial charge in [-0.15, -0.1) is 0 Å². The number of nitrogens with one attached hydrogen (secondary N) is 1. The maximum atomic E-state index is 11.5. The molecule has 0 unspecified atom stereocenters. The minimum atomic E-state index is -4.12. The highest BCUT2D eigenvalue weighted by molar-refractivity contribution is 8.12. The van der Waals surface area contributed by atoms with Gasteiger partial charge in [0.1, 0.15) is 0 Å². The van der Waals surface area contributed by atoms with Gasteiger partial charge in [-0.2, -0.15) is 8.42 Å². The topological polar surface area (TPSA) is 92.3 Å². The van der Waals surface area contributed by atoms with Crippen LogP contribution in [0.3, 0.4) is 0 Å². The van der Waals surface area contributed by atoms with Crippen molar-refractivity contribution in [2.24, 2.45) is 0 Å². The molecule has 94 valence electrons. The molecule has 0 fully saturated rings. The third-order valence-electron chi connectivity index (χ3n) is 1.78. The predicted octanol–water partition coefficient (Wildman–Crippen LogP) is 0.723. The summed E-state index contributed by atoms with van der Waals surface area (Å²) in [5, 5.41) is 0. The Hall–Kier alpha value is -1.41. The number of carbonyl (C=O) groups is 1. The first-order chi connectivity index (χ1) is 7.69. The van der Waals surface area contributed by atoms with Crippen molar-refractivity contribution >= 4 is 31.9 Å². The summed E-state index contributed by atoms with van der Waals surface area (Å²) in [5.41, 5.74) is 1.33. The summed E-state index contributed by atoms with van der Waals surface area (Å²) in [4.78, 5) is 20.4. The minimum Gasteiger partial charge on any atom is -0.265 e. The normalized spacial score (nSPS) is 11.1.